The van der Waals surface area contributed by atoms with Crippen molar-refractivity contribution in [2.45, 2.75) is 38.8 Å². The first kappa shape index (κ1) is 28.4. The van der Waals surface area contributed by atoms with Crippen molar-refractivity contribution < 1.29 is 33.4 Å². The fourth-order valence-electron chi connectivity index (χ4n) is 5.09. The number of carbonyl (C=O) groups excluding carboxylic acids is 2. The Kier molecular flexibility index (Phi) is 7.44. The summed E-state index contributed by atoms with van der Waals surface area (Å²) >= 11 is 7.90. The minimum Gasteiger partial charge on any atom is -0.491 e. The average Bonchev–Trinajstić information content (AvgIpc) is 3.24. The number of nitrogens with zero attached hydrogens (tertiary/aromatic N) is 3. The second kappa shape index (κ2) is 10.7. The third-order valence-corrected chi connectivity index (χ3v) is 8.26. The Morgan fingerprint density at radius 3 is 2.73 bits per heavy atom. The molecule has 3 aromatic rings. The lowest BCUT2D eigenvalue weighted by Gasteiger charge is -2.41. The molecular formula is C28H26ClFN4O6S. The Morgan fingerprint density at radius 2 is 2.05 bits per heavy atom. The van der Waals surface area contributed by atoms with Crippen LogP contribution in [0.5, 0.6) is 5.75 Å². The molecule has 0 radical (unpaired) electrons. The Bertz CT molecular complexity index is 1630. The molecule has 1 saturated heterocycles. The molecule has 0 bridgehead atoms. The number of carbonyl (C=O) groups is 3. The van der Waals surface area contributed by atoms with Crippen LogP contribution in [0.25, 0.3) is 21.2 Å². The van der Waals surface area contributed by atoms with Crippen LogP contribution in [0.15, 0.2) is 24.3 Å². The van der Waals surface area contributed by atoms with Crippen LogP contribution >= 0.6 is 22.9 Å². The van der Waals surface area contributed by atoms with Crippen molar-refractivity contribution >= 4 is 56.1 Å². The van der Waals surface area contributed by atoms with Gasteiger partial charge >= 0.3 is 12.2 Å². The first-order chi connectivity index (χ1) is 19.4. The smallest absolute Gasteiger partial charge is 0.412 e. The summed E-state index contributed by atoms with van der Waals surface area (Å²) in [6, 6.07) is 7.78. The summed E-state index contributed by atoms with van der Waals surface area (Å²) in [5.41, 5.74) is -0.448. The fourth-order valence-corrected chi connectivity index (χ4v) is 6.50. The zero-order valence-electron chi connectivity index (χ0n) is 22.4. The normalized spacial score (nSPS) is 17.1. The Balaban J connectivity index is 1.58. The van der Waals surface area contributed by atoms with Gasteiger partial charge in [-0.15, -0.1) is 11.3 Å². The highest BCUT2D eigenvalue weighted by atomic mass is 35.5. The first-order valence-electron chi connectivity index (χ1n) is 12.8. The lowest BCUT2D eigenvalue weighted by molar-refractivity contribution is 0.0374. The molecule has 2 N–H and O–H groups in total. The van der Waals surface area contributed by atoms with Crippen molar-refractivity contribution in [3.05, 3.63) is 46.2 Å². The average molecular weight is 601 g/mol. The number of rotatable bonds is 2. The molecule has 1 atom stereocenters. The van der Waals surface area contributed by atoms with Crippen molar-refractivity contribution in [1.82, 2.24) is 9.80 Å². The largest absolute Gasteiger partial charge is 0.491 e. The van der Waals surface area contributed by atoms with Gasteiger partial charge < -0.3 is 24.4 Å². The number of nitriles is 1. The summed E-state index contributed by atoms with van der Waals surface area (Å²) < 4.78 is 27.8. The molecule has 10 nitrogen and oxygen atoms in total. The monoisotopic (exact) mass is 600 g/mol. The van der Waals surface area contributed by atoms with Crippen molar-refractivity contribution in [3.63, 3.8) is 0 Å². The number of hydrogen-bond donors (Lipinski definition) is 2. The molecule has 2 aromatic carbocycles. The maximum atomic E-state index is 15.9. The molecule has 0 aliphatic carbocycles. The zero-order chi connectivity index (χ0) is 29.6. The summed E-state index contributed by atoms with van der Waals surface area (Å²) in [4.78, 5) is 40.2. The molecule has 0 unspecified atom stereocenters. The predicted octanol–water partition coefficient (Wildman–Crippen LogP) is 6.17. The fraction of sp³-hybridized carbons (Fsp3) is 0.357. The van der Waals surface area contributed by atoms with E-state index >= 15 is 4.39 Å². The topological polar surface area (TPSA) is 132 Å². The molecule has 3 heterocycles. The summed E-state index contributed by atoms with van der Waals surface area (Å²) in [6.07, 6.45) is -1.44. The minimum atomic E-state index is -1.07. The molecule has 2 aliphatic heterocycles. The van der Waals surface area contributed by atoms with Gasteiger partial charge in [-0.25, -0.2) is 14.0 Å². The van der Waals surface area contributed by atoms with E-state index in [9.17, 15) is 24.8 Å². The van der Waals surface area contributed by atoms with Crippen molar-refractivity contribution in [1.29, 1.82) is 5.26 Å². The van der Waals surface area contributed by atoms with Crippen LogP contribution in [0.2, 0.25) is 5.02 Å². The molecule has 41 heavy (non-hydrogen) atoms. The van der Waals surface area contributed by atoms with Gasteiger partial charge in [-0.1, -0.05) is 23.7 Å². The zero-order valence-corrected chi connectivity index (χ0v) is 24.0. The lowest BCUT2D eigenvalue weighted by Crippen LogP contribution is -2.57. The highest BCUT2D eigenvalue weighted by Gasteiger charge is 2.37. The van der Waals surface area contributed by atoms with Crippen molar-refractivity contribution in [2.24, 2.45) is 0 Å². The van der Waals surface area contributed by atoms with E-state index in [1.165, 1.54) is 9.80 Å². The van der Waals surface area contributed by atoms with E-state index < -0.39 is 35.6 Å². The number of benzene rings is 2. The number of hydrogen-bond acceptors (Lipinski definition) is 7. The third kappa shape index (κ3) is 5.35. The summed E-state index contributed by atoms with van der Waals surface area (Å²) in [6.45, 7) is 5.70. The second-order valence-electron chi connectivity index (χ2n) is 10.7. The summed E-state index contributed by atoms with van der Waals surface area (Å²) in [7, 11) is 0. The van der Waals surface area contributed by atoms with Gasteiger partial charge in [0.05, 0.1) is 28.8 Å². The van der Waals surface area contributed by atoms with E-state index in [1.807, 2.05) is 0 Å². The van der Waals surface area contributed by atoms with Crippen molar-refractivity contribution in [3.8, 4) is 22.9 Å². The van der Waals surface area contributed by atoms with E-state index in [0.29, 0.717) is 22.1 Å². The van der Waals surface area contributed by atoms with Gasteiger partial charge in [0.2, 0.25) is 0 Å². The molecule has 1 aromatic heterocycles. The van der Waals surface area contributed by atoms with Crippen LogP contribution in [-0.2, 0) is 4.74 Å². The van der Waals surface area contributed by atoms with Crippen molar-refractivity contribution in [2.75, 3.05) is 31.6 Å². The van der Waals surface area contributed by atoms with Gasteiger partial charge in [0.15, 0.2) is 5.75 Å². The van der Waals surface area contributed by atoms with Crippen LogP contribution in [0.1, 0.15) is 43.1 Å². The van der Waals surface area contributed by atoms with Gasteiger partial charge in [-0.05, 0) is 38.5 Å². The molecule has 0 saturated carbocycles. The van der Waals surface area contributed by atoms with E-state index in [4.69, 9.17) is 21.1 Å². The summed E-state index contributed by atoms with van der Waals surface area (Å²) in [5.74, 6) is -1.28. The van der Waals surface area contributed by atoms with Crippen LogP contribution < -0.4 is 10.1 Å². The maximum absolute atomic E-state index is 15.9. The van der Waals surface area contributed by atoms with Crippen LogP contribution in [-0.4, -0.2) is 70.9 Å². The molecule has 0 spiro atoms. The number of fused-ring (bicyclic) bond motifs is 3. The maximum Gasteiger partial charge on any atom is 0.412 e. The molecule has 1 fully saturated rings. The number of carboxylic acid groups (broad SMARTS) is 1. The Labute approximate surface area is 243 Å². The van der Waals surface area contributed by atoms with E-state index in [0.717, 1.165) is 17.4 Å². The molecule has 214 valence electrons. The van der Waals surface area contributed by atoms with Gasteiger partial charge in [0, 0.05) is 41.7 Å². The van der Waals surface area contributed by atoms with E-state index in [2.05, 4.69) is 11.4 Å². The van der Waals surface area contributed by atoms with E-state index in [-0.39, 0.29) is 58.7 Å². The first-order valence-corrected chi connectivity index (χ1v) is 14.0. The lowest BCUT2D eigenvalue weighted by atomic mass is 9.96. The quantitative estimate of drug-likeness (QED) is 0.360. The van der Waals surface area contributed by atoms with Gasteiger partial charge in [0.1, 0.15) is 22.5 Å². The highest BCUT2D eigenvalue weighted by molar-refractivity contribution is 7.23. The molecule has 5 rings (SSSR count). The Hall–Kier alpha value is -4.08. The van der Waals surface area contributed by atoms with Crippen LogP contribution in [0.4, 0.5) is 19.0 Å². The number of piperazine rings is 1. The molecule has 2 aliphatic rings. The standard InChI is InChI=1S/C28H26ClFN4O6S/c1-28(2,3)40-26(36)32-24-17(12-31)20-15(5-4-6-19(20)41-24)21-18(30)11-16-23(22(21)29)39-10-7-14-13-33(27(37)38)8-9-34(14)25(16)35/h4-6,11,14H,7-10,13H2,1-3H3,(H,32,36)(H,37,38)/t14-/m0/s1. The Morgan fingerprint density at radius 1 is 1.29 bits per heavy atom. The van der Waals surface area contributed by atoms with Crippen LogP contribution in [0, 0.1) is 17.1 Å². The third-order valence-electron chi connectivity index (χ3n) is 6.83. The number of halogens is 2. The second-order valence-corrected chi connectivity index (χ2v) is 12.1. The predicted molar refractivity (Wildman–Crippen MR) is 151 cm³/mol. The van der Waals surface area contributed by atoms with Gasteiger partial charge in [0.25, 0.3) is 5.91 Å². The molecule has 13 heteroatoms. The number of ether oxygens (including phenoxy) is 2. The van der Waals surface area contributed by atoms with Gasteiger partial charge in [-0.3, -0.25) is 10.1 Å². The minimum absolute atomic E-state index is 0.0185. The SMILES string of the molecule is CC(C)(C)OC(=O)Nc1sc2cccc(-c3c(F)cc4c(c3Cl)OCC[C@H]3CN(C(=O)O)CCN3C4=O)c2c1C#N. The molecule has 3 amide bonds. The van der Waals surface area contributed by atoms with E-state index in [1.54, 1.807) is 39.0 Å². The molecular weight excluding hydrogens is 575 g/mol. The number of amides is 3. The number of anilines is 1. The number of thiophene rings is 1. The van der Waals surface area contributed by atoms with Gasteiger partial charge in [-0.2, -0.15) is 5.26 Å². The number of nitrogens with one attached hydrogen (secondary N) is 1. The van der Waals surface area contributed by atoms with Crippen LogP contribution in [0.3, 0.4) is 0 Å². The highest BCUT2D eigenvalue weighted by Crippen LogP contribution is 2.47. The summed E-state index contributed by atoms with van der Waals surface area (Å²) in [5, 5.41) is 22.5.